The summed E-state index contributed by atoms with van der Waals surface area (Å²) in [5.74, 6) is -1.77. The van der Waals surface area contributed by atoms with Crippen molar-refractivity contribution in [3.8, 4) is 0 Å². The number of fused-ring (bicyclic) bond motifs is 8. The van der Waals surface area contributed by atoms with Crippen molar-refractivity contribution in [2.24, 2.45) is 22.9 Å². The maximum absolute atomic E-state index is 13.6. The minimum absolute atomic E-state index is 0.209. The van der Waals surface area contributed by atoms with Gasteiger partial charge in [-0.3, -0.25) is 14.6 Å². The van der Waals surface area contributed by atoms with E-state index < -0.39 is 24.0 Å². The summed E-state index contributed by atoms with van der Waals surface area (Å²) in [6.45, 7) is 0. The first-order valence-electron chi connectivity index (χ1n) is 11.5. The molecule has 6 nitrogen and oxygen atoms in total. The highest BCUT2D eigenvalue weighted by molar-refractivity contribution is 6.44. The van der Waals surface area contributed by atoms with Crippen LogP contribution in [0.1, 0.15) is 5.56 Å². The van der Waals surface area contributed by atoms with Crippen LogP contribution in [-0.4, -0.2) is 35.8 Å². The van der Waals surface area contributed by atoms with E-state index in [1.165, 1.54) is 4.90 Å². The number of hydrazone groups is 1. The smallest absolute Gasteiger partial charge is 0.240 e. The molecule has 0 radical (unpaired) electrons. The van der Waals surface area contributed by atoms with Crippen molar-refractivity contribution >= 4 is 52.1 Å². The highest BCUT2D eigenvalue weighted by Crippen LogP contribution is 2.56. The van der Waals surface area contributed by atoms with Crippen molar-refractivity contribution in [2.45, 2.75) is 18.2 Å². The molecule has 3 saturated heterocycles. The summed E-state index contributed by atoms with van der Waals surface area (Å²) in [5, 5.41) is 7.79. The van der Waals surface area contributed by atoms with Gasteiger partial charge in [0, 0.05) is 5.56 Å². The molecule has 0 saturated carbocycles. The molecule has 3 aromatic rings. The normalized spacial score (nSPS) is 30.6. The molecule has 0 spiro atoms. The van der Waals surface area contributed by atoms with E-state index in [4.69, 9.17) is 33.0 Å². The Morgan fingerprint density at radius 1 is 0.714 bits per heavy atom. The van der Waals surface area contributed by atoms with Crippen molar-refractivity contribution in [1.29, 1.82) is 0 Å². The number of hydrogen-bond acceptors (Lipinski definition) is 5. The summed E-state index contributed by atoms with van der Waals surface area (Å²) in [7, 11) is 0. The molecular formula is C27H19Cl2N3O3. The lowest BCUT2D eigenvalue weighted by atomic mass is 9.70. The molecule has 0 N–H and O–H groups in total. The van der Waals surface area contributed by atoms with Gasteiger partial charge in [0.2, 0.25) is 11.8 Å². The number of para-hydroxylation sites is 2. The molecule has 2 amide bonds. The Morgan fingerprint density at radius 3 is 2.03 bits per heavy atom. The van der Waals surface area contributed by atoms with Crippen molar-refractivity contribution in [3.05, 3.63) is 94.5 Å². The topological polar surface area (TPSA) is 62.2 Å². The summed E-state index contributed by atoms with van der Waals surface area (Å²) in [6.07, 6.45) is -0.956. The molecule has 4 aliphatic rings. The number of carbonyl (C=O) groups is 2. The van der Waals surface area contributed by atoms with Crippen molar-refractivity contribution in [1.82, 2.24) is 0 Å². The van der Waals surface area contributed by atoms with Gasteiger partial charge >= 0.3 is 0 Å². The van der Waals surface area contributed by atoms with E-state index >= 15 is 0 Å². The molecule has 4 heterocycles. The fourth-order valence-electron chi connectivity index (χ4n) is 6.19. The summed E-state index contributed by atoms with van der Waals surface area (Å²) in [5.41, 5.74) is 2.93. The van der Waals surface area contributed by atoms with Crippen LogP contribution < -0.4 is 9.91 Å². The SMILES string of the molecule is O=C1C2C3OC(C2C(=O)N1c1ccccc1)C1C3C(c2cccc(Cl)c2Cl)=NN1c1ccccc1. The number of amides is 2. The zero-order chi connectivity index (χ0) is 23.8. The number of benzene rings is 3. The number of halogens is 2. The number of anilines is 2. The summed E-state index contributed by atoms with van der Waals surface area (Å²) < 4.78 is 6.44. The highest BCUT2D eigenvalue weighted by atomic mass is 35.5. The Bertz CT molecular complexity index is 1400. The van der Waals surface area contributed by atoms with E-state index in [0.29, 0.717) is 15.7 Å². The van der Waals surface area contributed by atoms with E-state index in [2.05, 4.69) is 0 Å². The average Bonchev–Trinajstić information content (AvgIpc) is 3.61. The minimum Gasteiger partial charge on any atom is -0.370 e. The second kappa shape index (κ2) is 7.65. The Labute approximate surface area is 211 Å². The summed E-state index contributed by atoms with van der Waals surface area (Å²) >= 11 is 13.0. The fourth-order valence-corrected chi connectivity index (χ4v) is 6.59. The van der Waals surface area contributed by atoms with Crippen LogP contribution in [0.4, 0.5) is 11.4 Å². The number of imide groups is 1. The van der Waals surface area contributed by atoms with Crippen LogP contribution in [0.3, 0.4) is 0 Å². The lowest BCUT2D eigenvalue weighted by molar-refractivity contribution is -0.125. The van der Waals surface area contributed by atoms with Gasteiger partial charge in [0.15, 0.2) is 0 Å². The lowest BCUT2D eigenvalue weighted by Gasteiger charge is -2.32. The molecule has 7 rings (SSSR count). The highest BCUT2D eigenvalue weighted by Gasteiger charge is 2.72. The Morgan fingerprint density at radius 2 is 1.34 bits per heavy atom. The molecule has 3 aromatic carbocycles. The Kier molecular flexibility index (Phi) is 4.62. The van der Waals surface area contributed by atoms with Gasteiger partial charge in [-0.15, -0.1) is 0 Å². The largest absolute Gasteiger partial charge is 0.370 e. The third-order valence-electron chi connectivity index (χ3n) is 7.55. The third kappa shape index (κ3) is 2.84. The van der Waals surface area contributed by atoms with Crippen LogP contribution >= 0.6 is 23.2 Å². The number of nitrogens with zero attached hydrogens (tertiary/aromatic N) is 3. The maximum atomic E-state index is 13.6. The standard InChI is InChI=1S/C27H19Cl2N3O3/c28-17-13-7-12-16(21(17)29)22-20-23(32(30-22)15-10-5-2-6-11-15)25-19-18(24(20)35-25)26(33)31(27(19)34)14-8-3-1-4-9-14/h1-13,18-20,23-25H. The molecule has 6 atom stereocenters. The summed E-state index contributed by atoms with van der Waals surface area (Å²) in [6, 6.07) is 24.1. The van der Waals surface area contributed by atoms with Crippen LogP contribution in [0, 0.1) is 17.8 Å². The fraction of sp³-hybridized carbons (Fsp3) is 0.222. The van der Waals surface area contributed by atoms with E-state index in [9.17, 15) is 9.59 Å². The van der Waals surface area contributed by atoms with Gasteiger partial charge in [0.1, 0.15) is 0 Å². The maximum Gasteiger partial charge on any atom is 0.240 e. The van der Waals surface area contributed by atoms with E-state index in [1.807, 2.05) is 65.7 Å². The quantitative estimate of drug-likeness (QED) is 0.482. The van der Waals surface area contributed by atoms with Gasteiger partial charge in [0.25, 0.3) is 0 Å². The molecule has 4 aliphatic heterocycles. The van der Waals surface area contributed by atoms with Crippen molar-refractivity contribution in [2.75, 3.05) is 9.91 Å². The summed E-state index contributed by atoms with van der Waals surface area (Å²) in [4.78, 5) is 28.5. The van der Waals surface area contributed by atoms with Gasteiger partial charge in [-0.25, -0.2) is 4.90 Å². The third-order valence-corrected chi connectivity index (χ3v) is 8.37. The van der Waals surface area contributed by atoms with Gasteiger partial charge in [-0.05, 0) is 30.3 Å². The molecule has 174 valence electrons. The van der Waals surface area contributed by atoms with Gasteiger partial charge in [0.05, 0.1) is 63.1 Å². The van der Waals surface area contributed by atoms with E-state index in [0.717, 1.165) is 17.0 Å². The molecule has 3 fully saturated rings. The second-order valence-electron chi connectivity index (χ2n) is 9.25. The second-order valence-corrected chi connectivity index (χ2v) is 10.0. The molecule has 8 heteroatoms. The van der Waals surface area contributed by atoms with Crippen molar-refractivity contribution in [3.63, 3.8) is 0 Å². The Hall–Kier alpha value is -3.19. The molecule has 0 aliphatic carbocycles. The number of ether oxygens (including phenoxy) is 1. The first-order chi connectivity index (χ1) is 17.1. The predicted molar refractivity (Wildman–Crippen MR) is 134 cm³/mol. The average molecular weight is 504 g/mol. The van der Waals surface area contributed by atoms with Crippen LogP contribution in [0.5, 0.6) is 0 Å². The zero-order valence-electron chi connectivity index (χ0n) is 18.3. The molecule has 6 unspecified atom stereocenters. The number of rotatable bonds is 3. The Balaban J connectivity index is 1.35. The monoisotopic (exact) mass is 503 g/mol. The first kappa shape index (κ1) is 21.1. The van der Waals surface area contributed by atoms with E-state index in [1.54, 1.807) is 18.2 Å². The number of hydrogen-bond donors (Lipinski definition) is 0. The van der Waals surface area contributed by atoms with Crippen LogP contribution in [-0.2, 0) is 14.3 Å². The zero-order valence-corrected chi connectivity index (χ0v) is 19.8. The van der Waals surface area contributed by atoms with Crippen LogP contribution in [0.25, 0.3) is 0 Å². The molecule has 0 aromatic heterocycles. The van der Waals surface area contributed by atoms with Gasteiger partial charge < -0.3 is 4.74 Å². The van der Waals surface area contributed by atoms with Gasteiger partial charge in [-0.1, -0.05) is 71.7 Å². The van der Waals surface area contributed by atoms with Crippen LogP contribution in [0.2, 0.25) is 10.0 Å². The molecule has 35 heavy (non-hydrogen) atoms. The molecular weight excluding hydrogens is 485 g/mol. The van der Waals surface area contributed by atoms with Gasteiger partial charge in [-0.2, -0.15) is 5.10 Å². The lowest BCUT2D eigenvalue weighted by Crippen LogP contribution is -2.50. The molecule has 2 bridgehead atoms. The first-order valence-corrected chi connectivity index (χ1v) is 12.3. The predicted octanol–water partition coefficient (Wildman–Crippen LogP) is 4.79. The van der Waals surface area contributed by atoms with E-state index in [-0.39, 0.29) is 23.8 Å². The number of carbonyl (C=O) groups excluding carboxylic acids is 2. The minimum atomic E-state index is -0.562. The van der Waals surface area contributed by atoms with Crippen LogP contribution in [0.15, 0.2) is 84.0 Å². The van der Waals surface area contributed by atoms with Crippen molar-refractivity contribution < 1.29 is 14.3 Å².